The Bertz CT molecular complexity index is 193. The highest BCUT2D eigenvalue weighted by Crippen LogP contribution is 2.32. The Morgan fingerprint density at radius 3 is 2.07 bits per heavy atom. The van der Waals surface area contributed by atoms with E-state index in [1.807, 2.05) is 13.8 Å². The van der Waals surface area contributed by atoms with Crippen LogP contribution in [0, 0.1) is 17.8 Å². The van der Waals surface area contributed by atoms with Gasteiger partial charge in [0.05, 0.1) is 12.0 Å². The second kappa shape index (κ2) is 4.78. The summed E-state index contributed by atoms with van der Waals surface area (Å²) in [5, 5.41) is 18.6. The van der Waals surface area contributed by atoms with Gasteiger partial charge in [0, 0.05) is 0 Å². The molecule has 3 heteroatoms. The van der Waals surface area contributed by atoms with Crippen LogP contribution in [0.4, 0.5) is 0 Å². The standard InChI is InChI=1S/C11H20O3/c1-7(2)10(12)8-3-5-9(6-4-8)11(13)14/h7-10,12H,3-6H2,1-2H3,(H,13,14). The zero-order valence-electron chi connectivity index (χ0n) is 8.94. The summed E-state index contributed by atoms with van der Waals surface area (Å²) in [7, 11) is 0. The number of aliphatic hydroxyl groups is 1. The van der Waals surface area contributed by atoms with Crippen LogP contribution >= 0.6 is 0 Å². The van der Waals surface area contributed by atoms with E-state index in [-0.39, 0.29) is 17.9 Å². The number of carboxylic acid groups (broad SMARTS) is 1. The van der Waals surface area contributed by atoms with Crippen LogP contribution in [0.3, 0.4) is 0 Å². The Morgan fingerprint density at radius 1 is 1.21 bits per heavy atom. The van der Waals surface area contributed by atoms with Crippen molar-refractivity contribution >= 4 is 5.97 Å². The highest BCUT2D eigenvalue weighted by atomic mass is 16.4. The minimum absolute atomic E-state index is 0.175. The van der Waals surface area contributed by atoms with Crippen molar-refractivity contribution in [3.63, 3.8) is 0 Å². The highest BCUT2D eigenvalue weighted by molar-refractivity contribution is 5.69. The highest BCUT2D eigenvalue weighted by Gasteiger charge is 2.30. The molecule has 1 rings (SSSR count). The first-order valence-electron chi connectivity index (χ1n) is 5.43. The molecule has 0 saturated heterocycles. The summed E-state index contributed by atoms with van der Waals surface area (Å²) in [5.41, 5.74) is 0. The number of hydrogen-bond donors (Lipinski definition) is 2. The molecule has 14 heavy (non-hydrogen) atoms. The lowest BCUT2D eigenvalue weighted by molar-refractivity contribution is -0.143. The molecule has 1 aliphatic rings. The summed E-state index contributed by atoms with van der Waals surface area (Å²) >= 11 is 0. The lowest BCUT2D eigenvalue weighted by Gasteiger charge is -2.31. The van der Waals surface area contributed by atoms with Gasteiger partial charge >= 0.3 is 5.97 Å². The molecule has 1 aliphatic carbocycles. The van der Waals surface area contributed by atoms with E-state index >= 15 is 0 Å². The number of rotatable bonds is 3. The van der Waals surface area contributed by atoms with Gasteiger partial charge in [-0.25, -0.2) is 0 Å². The molecular formula is C11H20O3. The quantitative estimate of drug-likeness (QED) is 0.731. The van der Waals surface area contributed by atoms with Crippen molar-refractivity contribution in [2.75, 3.05) is 0 Å². The Hall–Kier alpha value is -0.570. The van der Waals surface area contributed by atoms with Gasteiger partial charge in [0.15, 0.2) is 0 Å². The number of carbonyl (C=O) groups is 1. The molecule has 0 bridgehead atoms. The lowest BCUT2D eigenvalue weighted by Crippen LogP contribution is -2.31. The second-order valence-electron chi connectivity index (χ2n) is 4.68. The molecular weight excluding hydrogens is 180 g/mol. The number of aliphatic carboxylic acids is 1. The van der Waals surface area contributed by atoms with Crippen molar-refractivity contribution in [2.24, 2.45) is 17.8 Å². The summed E-state index contributed by atoms with van der Waals surface area (Å²) in [6.07, 6.45) is 2.91. The van der Waals surface area contributed by atoms with Gasteiger partial charge in [-0.15, -0.1) is 0 Å². The van der Waals surface area contributed by atoms with Crippen molar-refractivity contribution in [1.82, 2.24) is 0 Å². The third-order valence-electron chi connectivity index (χ3n) is 3.29. The van der Waals surface area contributed by atoms with Crippen molar-refractivity contribution in [1.29, 1.82) is 0 Å². The van der Waals surface area contributed by atoms with Gasteiger partial charge in [-0.05, 0) is 37.5 Å². The monoisotopic (exact) mass is 200 g/mol. The van der Waals surface area contributed by atoms with E-state index in [1.54, 1.807) is 0 Å². The smallest absolute Gasteiger partial charge is 0.306 e. The van der Waals surface area contributed by atoms with Crippen LogP contribution in [0.2, 0.25) is 0 Å². The molecule has 1 saturated carbocycles. The van der Waals surface area contributed by atoms with Crippen LogP contribution < -0.4 is 0 Å². The van der Waals surface area contributed by atoms with Gasteiger partial charge in [0.25, 0.3) is 0 Å². The van der Waals surface area contributed by atoms with Crippen LogP contribution in [0.5, 0.6) is 0 Å². The Morgan fingerprint density at radius 2 is 1.71 bits per heavy atom. The number of hydrogen-bond acceptors (Lipinski definition) is 2. The molecule has 1 fully saturated rings. The fourth-order valence-electron chi connectivity index (χ4n) is 2.25. The average molecular weight is 200 g/mol. The number of aliphatic hydroxyl groups excluding tert-OH is 1. The van der Waals surface area contributed by atoms with Crippen molar-refractivity contribution in [3.05, 3.63) is 0 Å². The Balaban J connectivity index is 2.39. The van der Waals surface area contributed by atoms with Crippen LogP contribution in [0.1, 0.15) is 39.5 Å². The fourth-order valence-corrected chi connectivity index (χ4v) is 2.25. The van der Waals surface area contributed by atoms with E-state index in [0.717, 1.165) is 25.7 Å². The summed E-state index contributed by atoms with van der Waals surface area (Å²) in [5.74, 6) is -0.264. The van der Waals surface area contributed by atoms with Gasteiger partial charge in [-0.2, -0.15) is 0 Å². The SMILES string of the molecule is CC(C)C(O)C1CCC(C(=O)O)CC1. The van der Waals surface area contributed by atoms with Gasteiger partial charge in [0.2, 0.25) is 0 Å². The van der Waals surface area contributed by atoms with Crippen LogP contribution in [0.25, 0.3) is 0 Å². The van der Waals surface area contributed by atoms with Gasteiger partial charge in [-0.1, -0.05) is 13.8 Å². The first-order chi connectivity index (χ1) is 6.52. The fraction of sp³-hybridized carbons (Fsp3) is 0.909. The van der Waals surface area contributed by atoms with Crippen molar-refractivity contribution < 1.29 is 15.0 Å². The maximum atomic E-state index is 10.7. The zero-order valence-corrected chi connectivity index (χ0v) is 8.94. The predicted octanol–water partition coefficient (Wildman–Crippen LogP) is 1.89. The topological polar surface area (TPSA) is 57.5 Å². The molecule has 0 aromatic heterocycles. The molecule has 0 aromatic rings. The predicted molar refractivity (Wildman–Crippen MR) is 53.9 cm³/mol. The molecule has 0 heterocycles. The molecule has 0 aromatic carbocycles. The summed E-state index contributed by atoms with van der Waals surface area (Å²) in [6, 6.07) is 0. The third-order valence-corrected chi connectivity index (χ3v) is 3.29. The maximum absolute atomic E-state index is 10.7. The molecule has 0 amide bonds. The van der Waals surface area contributed by atoms with E-state index in [4.69, 9.17) is 5.11 Å². The van der Waals surface area contributed by atoms with Gasteiger partial charge in [-0.3, -0.25) is 4.79 Å². The van der Waals surface area contributed by atoms with Crippen LogP contribution in [0.15, 0.2) is 0 Å². The lowest BCUT2D eigenvalue weighted by atomic mass is 9.77. The van der Waals surface area contributed by atoms with E-state index in [1.165, 1.54) is 0 Å². The molecule has 0 aliphatic heterocycles. The first-order valence-corrected chi connectivity index (χ1v) is 5.43. The second-order valence-corrected chi connectivity index (χ2v) is 4.68. The van der Waals surface area contributed by atoms with Crippen LogP contribution in [-0.2, 0) is 4.79 Å². The maximum Gasteiger partial charge on any atom is 0.306 e. The summed E-state index contributed by atoms with van der Waals surface area (Å²) in [4.78, 5) is 10.7. The largest absolute Gasteiger partial charge is 0.481 e. The minimum atomic E-state index is -0.678. The van der Waals surface area contributed by atoms with Crippen molar-refractivity contribution in [3.8, 4) is 0 Å². The van der Waals surface area contributed by atoms with E-state index in [9.17, 15) is 9.90 Å². The minimum Gasteiger partial charge on any atom is -0.481 e. The normalized spacial score (nSPS) is 30.3. The molecule has 3 nitrogen and oxygen atoms in total. The molecule has 0 radical (unpaired) electrons. The van der Waals surface area contributed by atoms with Gasteiger partial charge in [0.1, 0.15) is 0 Å². The van der Waals surface area contributed by atoms with E-state index < -0.39 is 5.97 Å². The van der Waals surface area contributed by atoms with E-state index in [0.29, 0.717) is 5.92 Å². The third kappa shape index (κ3) is 2.71. The molecule has 2 N–H and O–H groups in total. The first kappa shape index (κ1) is 11.5. The Kier molecular flexibility index (Phi) is 3.93. The van der Waals surface area contributed by atoms with Crippen LogP contribution in [-0.4, -0.2) is 22.3 Å². The number of carboxylic acids is 1. The Labute approximate surface area is 85.1 Å². The summed E-state index contributed by atoms with van der Waals surface area (Å²) in [6.45, 7) is 4.02. The molecule has 82 valence electrons. The van der Waals surface area contributed by atoms with Gasteiger partial charge < -0.3 is 10.2 Å². The molecule has 1 atom stereocenters. The molecule has 1 unspecified atom stereocenters. The zero-order chi connectivity index (χ0) is 10.7. The van der Waals surface area contributed by atoms with Crippen molar-refractivity contribution in [2.45, 2.75) is 45.6 Å². The van der Waals surface area contributed by atoms with E-state index in [2.05, 4.69) is 0 Å². The average Bonchev–Trinajstić information content (AvgIpc) is 2.16. The summed E-state index contributed by atoms with van der Waals surface area (Å²) < 4.78 is 0. The molecule has 0 spiro atoms.